The van der Waals surface area contributed by atoms with Crippen LogP contribution in [0.2, 0.25) is 0 Å². The molecule has 1 aliphatic rings. The summed E-state index contributed by atoms with van der Waals surface area (Å²) in [5.74, 6) is 0.322. The number of amides is 1. The summed E-state index contributed by atoms with van der Waals surface area (Å²) in [5.41, 5.74) is 1.37. The van der Waals surface area contributed by atoms with Gasteiger partial charge < -0.3 is 14.5 Å². The molecule has 2 aromatic rings. The zero-order valence-corrected chi connectivity index (χ0v) is 12.8. The third-order valence-electron chi connectivity index (χ3n) is 3.61. The second-order valence-electron chi connectivity index (χ2n) is 5.18. The van der Waals surface area contributed by atoms with E-state index in [1.54, 1.807) is 24.3 Å². The molecule has 3 rings (SSSR count). The number of carbonyl (C=O) groups excluding carboxylic acids is 1. The van der Waals surface area contributed by atoms with Crippen LogP contribution >= 0.6 is 12.2 Å². The second-order valence-corrected chi connectivity index (χ2v) is 5.55. The second kappa shape index (κ2) is 6.85. The van der Waals surface area contributed by atoms with E-state index in [0.717, 1.165) is 31.4 Å². The molecule has 1 atom stereocenters. The smallest absolute Gasteiger partial charge is 0.284 e. The molecule has 6 nitrogen and oxygen atoms in total. The van der Waals surface area contributed by atoms with Gasteiger partial charge in [-0.15, -0.1) is 5.10 Å². The zero-order chi connectivity index (χ0) is 15.4. The summed E-state index contributed by atoms with van der Waals surface area (Å²) in [7, 11) is 0. The van der Waals surface area contributed by atoms with E-state index in [0.29, 0.717) is 18.0 Å². The summed E-state index contributed by atoms with van der Waals surface area (Å²) in [5, 5.41) is 9.42. The van der Waals surface area contributed by atoms with Crippen molar-refractivity contribution in [1.29, 1.82) is 0 Å². The van der Waals surface area contributed by atoms with E-state index in [1.807, 2.05) is 0 Å². The lowest BCUT2D eigenvalue weighted by atomic mass is 10.1. The van der Waals surface area contributed by atoms with Gasteiger partial charge in [0, 0.05) is 24.3 Å². The molecular formula is C15H17N3O3S. The fourth-order valence-electron chi connectivity index (χ4n) is 2.44. The van der Waals surface area contributed by atoms with Gasteiger partial charge in [-0.25, -0.2) is 5.10 Å². The van der Waals surface area contributed by atoms with Gasteiger partial charge in [-0.2, -0.15) is 0 Å². The van der Waals surface area contributed by atoms with E-state index < -0.39 is 0 Å². The summed E-state index contributed by atoms with van der Waals surface area (Å²) >= 11 is 4.83. The van der Waals surface area contributed by atoms with Crippen molar-refractivity contribution in [2.75, 3.05) is 13.2 Å². The number of H-pyrrole nitrogens is 1. The van der Waals surface area contributed by atoms with Crippen molar-refractivity contribution in [2.24, 2.45) is 0 Å². The van der Waals surface area contributed by atoms with Gasteiger partial charge in [-0.3, -0.25) is 4.79 Å². The van der Waals surface area contributed by atoms with Crippen molar-refractivity contribution in [3.8, 4) is 11.5 Å². The number of aromatic nitrogens is 2. The van der Waals surface area contributed by atoms with Crippen molar-refractivity contribution in [3.05, 3.63) is 34.7 Å². The summed E-state index contributed by atoms with van der Waals surface area (Å²) in [4.78, 5) is 12.3. The first-order chi connectivity index (χ1) is 10.7. The average molecular weight is 319 g/mol. The molecule has 2 N–H and O–H groups in total. The van der Waals surface area contributed by atoms with Crippen LogP contribution in [-0.4, -0.2) is 35.4 Å². The van der Waals surface area contributed by atoms with Gasteiger partial charge in [0.2, 0.25) is 5.89 Å². The van der Waals surface area contributed by atoms with Gasteiger partial charge in [-0.05, 0) is 55.7 Å². The predicted octanol–water partition coefficient (Wildman–Crippen LogP) is 2.70. The molecule has 7 heteroatoms. The van der Waals surface area contributed by atoms with Crippen LogP contribution in [0.15, 0.2) is 28.7 Å². The minimum atomic E-state index is -0.0903. The summed E-state index contributed by atoms with van der Waals surface area (Å²) < 4.78 is 10.8. The minimum absolute atomic E-state index is 0.0903. The van der Waals surface area contributed by atoms with E-state index in [4.69, 9.17) is 21.4 Å². The molecule has 22 heavy (non-hydrogen) atoms. The van der Waals surface area contributed by atoms with Crippen LogP contribution in [0.3, 0.4) is 0 Å². The molecule has 0 bridgehead atoms. The number of carbonyl (C=O) groups is 1. The van der Waals surface area contributed by atoms with Gasteiger partial charge >= 0.3 is 0 Å². The van der Waals surface area contributed by atoms with E-state index >= 15 is 0 Å². The van der Waals surface area contributed by atoms with Crippen LogP contribution in [0.1, 0.15) is 29.6 Å². The molecule has 0 radical (unpaired) electrons. The molecule has 0 spiro atoms. The molecule has 0 saturated carbocycles. The minimum Gasteiger partial charge on any atom is -0.409 e. The van der Waals surface area contributed by atoms with Crippen molar-refractivity contribution < 1.29 is 13.9 Å². The van der Waals surface area contributed by atoms with Crippen LogP contribution in [0, 0.1) is 4.84 Å². The molecule has 1 saturated heterocycles. The highest BCUT2D eigenvalue weighted by atomic mass is 32.1. The molecule has 1 fully saturated rings. The standard InChI is InChI=1S/C15H17N3O3S/c19-13(16-8-7-12-2-1-9-20-12)10-3-5-11(6-4-10)14-17-18-15(22)21-14/h3-6,12H,1-2,7-9H2,(H,16,19)(H,18,22)/t12-/m0/s1. The fourth-order valence-corrected chi connectivity index (χ4v) is 2.56. The number of rotatable bonds is 5. The van der Waals surface area contributed by atoms with Crippen LogP contribution in [-0.2, 0) is 4.74 Å². The normalized spacial score (nSPS) is 17.5. The Balaban J connectivity index is 1.55. The molecule has 116 valence electrons. The van der Waals surface area contributed by atoms with E-state index in [9.17, 15) is 4.79 Å². The zero-order valence-electron chi connectivity index (χ0n) is 12.0. The predicted molar refractivity (Wildman–Crippen MR) is 83.0 cm³/mol. The lowest BCUT2D eigenvalue weighted by molar-refractivity contribution is 0.0907. The molecule has 1 amide bonds. The SMILES string of the molecule is O=C(NCC[C@@H]1CCCO1)c1ccc(-c2n[nH]c(=S)o2)cc1. The Morgan fingerprint density at radius 3 is 2.86 bits per heavy atom. The van der Waals surface area contributed by atoms with E-state index in [-0.39, 0.29) is 16.8 Å². The Morgan fingerprint density at radius 1 is 1.41 bits per heavy atom. The van der Waals surface area contributed by atoms with E-state index in [2.05, 4.69) is 15.5 Å². The number of nitrogens with one attached hydrogen (secondary N) is 2. The molecule has 2 heterocycles. The molecule has 0 unspecified atom stereocenters. The van der Waals surface area contributed by atoms with Crippen molar-refractivity contribution >= 4 is 18.1 Å². The number of ether oxygens (including phenoxy) is 1. The van der Waals surface area contributed by atoms with Crippen molar-refractivity contribution in [2.45, 2.75) is 25.4 Å². The fraction of sp³-hybridized carbons (Fsp3) is 0.400. The first-order valence-corrected chi connectivity index (χ1v) is 7.69. The maximum Gasteiger partial charge on any atom is 0.284 e. The van der Waals surface area contributed by atoms with Crippen molar-refractivity contribution in [1.82, 2.24) is 15.5 Å². The number of nitrogens with zero attached hydrogens (tertiary/aromatic N) is 1. The van der Waals surface area contributed by atoms with Crippen LogP contribution in [0.5, 0.6) is 0 Å². The van der Waals surface area contributed by atoms with Crippen LogP contribution in [0.4, 0.5) is 0 Å². The lowest BCUT2D eigenvalue weighted by Gasteiger charge is -2.10. The van der Waals surface area contributed by atoms with Crippen molar-refractivity contribution in [3.63, 3.8) is 0 Å². The molecule has 1 aromatic carbocycles. The van der Waals surface area contributed by atoms with Gasteiger partial charge in [-0.1, -0.05) is 0 Å². The molecular weight excluding hydrogens is 302 g/mol. The first-order valence-electron chi connectivity index (χ1n) is 7.28. The maximum atomic E-state index is 12.1. The van der Waals surface area contributed by atoms with Crippen LogP contribution in [0.25, 0.3) is 11.5 Å². The monoisotopic (exact) mass is 319 g/mol. The van der Waals surface area contributed by atoms with Gasteiger partial charge in [0.05, 0.1) is 6.10 Å². The number of aromatic amines is 1. The number of benzene rings is 1. The molecule has 1 aromatic heterocycles. The Kier molecular flexibility index (Phi) is 4.65. The van der Waals surface area contributed by atoms with Gasteiger partial charge in [0.1, 0.15) is 0 Å². The Bertz CT molecular complexity index is 687. The largest absolute Gasteiger partial charge is 0.409 e. The van der Waals surface area contributed by atoms with Gasteiger partial charge in [0.15, 0.2) is 0 Å². The first kappa shape index (κ1) is 14.9. The van der Waals surface area contributed by atoms with Crippen LogP contribution < -0.4 is 5.32 Å². The maximum absolute atomic E-state index is 12.1. The highest BCUT2D eigenvalue weighted by molar-refractivity contribution is 7.71. The average Bonchev–Trinajstić information content (AvgIpc) is 3.19. The van der Waals surface area contributed by atoms with E-state index in [1.165, 1.54) is 0 Å². The highest BCUT2D eigenvalue weighted by Crippen LogP contribution is 2.17. The number of hydrogen-bond donors (Lipinski definition) is 2. The topological polar surface area (TPSA) is 80.1 Å². The summed E-state index contributed by atoms with van der Waals surface area (Å²) in [6.45, 7) is 1.46. The quantitative estimate of drug-likeness (QED) is 0.828. The molecule has 0 aliphatic carbocycles. The number of hydrogen-bond acceptors (Lipinski definition) is 5. The highest BCUT2D eigenvalue weighted by Gasteiger charge is 2.15. The Hall–Kier alpha value is -1.99. The summed E-state index contributed by atoms with van der Waals surface area (Å²) in [6, 6.07) is 7.04. The Labute approximate surface area is 132 Å². The third-order valence-corrected chi connectivity index (χ3v) is 3.78. The lowest BCUT2D eigenvalue weighted by Crippen LogP contribution is -2.26. The van der Waals surface area contributed by atoms with Gasteiger partial charge in [0.25, 0.3) is 10.7 Å². The third kappa shape index (κ3) is 3.61. The Morgan fingerprint density at radius 2 is 2.23 bits per heavy atom. The summed E-state index contributed by atoms with van der Waals surface area (Å²) in [6.07, 6.45) is 3.35. The molecule has 1 aliphatic heterocycles.